The van der Waals surface area contributed by atoms with E-state index >= 15 is 0 Å². The smallest absolute Gasteiger partial charge is 0.243 e. The summed E-state index contributed by atoms with van der Waals surface area (Å²) in [5.74, 6) is 0.398. The first kappa shape index (κ1) is 23.8. The minimum Gasteiger partial charge on any atom is -0.493 e. The molecule has 1 aliphatic carbocycles. The van der Waals surface area contributed by atoms with Crippen molar-refractivity contribution in [3.63, 3.8) is 0 Å². The zero-order chi connectivity index (χ0) is 24.1. The van der Waals surface area contributed by atoms with Gasteiger partial charge in [-0.1, -0.05) is 11.8 Å². The van der Waals surface area contributed by atoms with Crippen molar-refractivity contribution in [2.45, 2.75) is 10.6 Å². The maximum absolute atomic E-state index is 13.1. The second-order valence-electron chi connectivity index (χ2n) is 6.83. The summed E-state index contributed by atoms with van der Waals surface area (Å²) in [6, 6.07) is 3.39. The van der Waals surface area contributed by atoms with Crippen molar-refractivity contribution < 1.29 is 28.5 Å². The first-order valence-electron chi connectivity index (χ1n) is 10.00. The molecule has 0 unspecified atom stereocenters. The minimum absolute atomic E-state index is 0.0369. The number of fused-ring (bicyclic) bond motifs is 1. The van der Waals surface area contributed by atoms with E-state index < -0.39 is 5.78 Å². The fourth-order valence-electron chi connectivity index (χ4n) is 3.18. The molecule has 1 aliphatic rings. The van der Waals surface area contributed by atoms with Gasteiger partial charge >= 0.3 is 0 Å². The van der Waals surface area contributed by atoms with Gasteiger partial charge < -0.3 is 18.9 Å². The lowest BCUT2D eigenvalue weighted by Gasteiger charge is -2.18. The summed E-state index contributed by atoms with van der Waals surface area (Å²) in [5.41, 5.74) is 2.23. The van der Waals surface area contributed by atoms with Crippen molar-refractivity contribution in [2.75, 3.05) is 34.5 Å². The van der Waals surface area contributed by atoms with Crippen molar-refractivity contribution >= 4 is 57.1 Å². The van der Waals surface area contributed by atoms with E-state index in [0.717, 1.165) is 16.0 Å². The van der Waals surface area contributed by atoms with Crippen LogP contribution >= 0.6 is 23.1 Å². The van der Waals surface area contributed by atoms with E-state index in [0.29, 0.717) is 35.6 Å². The summed E-state index contributed by atoms with van der Waals surface area (Å²) in [6.07, 6.45) is 2.79. The zero-order valence-electron chi connectivity index (χ0n) is 18.6. The molecule has 0 fully saturated rings. The molecule has 0 aliphatic heterocycles. The van der Waals surface area contributed by atoms with Crippen molar-refractivity contribution in [3.05, 3.63) is 40.8 Å². The molecule has 0 saturated carbocycles. The number of hydrogen-bond acceptors (Lipinski definition) is 12. The van der Waals surface area contributed by atoms with Crippen LogP contribution in [0.15, 0.2) is 50.0 Å². The average molecular weight is 501 g/mol. The average Bonchev–Trinajstić information content (AvgIpc) is 3.35. The van der Waals surface area contributed by atoms with Gasteiger partial charge in [-0.3, -0.25) is 14.6 Å². The van der Waals surface area contributed by atoms with E-state index in [1.54, 1.807) is 30.9 Å². The van der Waals surface area contributed by atoms with Gasteiger partial charge in [0, 0.05) is 18.6 Å². The van der Waals surface area contributed by atoms with Crippen molar-refractivity contribution in [3.8, 4) is 11.5 Å². The van der Waals surface area contributed by atoms with Crippen LogP contribution in [0, 0.1) is 0 Å². The van der Waals surface area contributed by atoms with Gasteiger partial charge in [0.1, 0.15) is 23.6 Å². The van der Waals surface area contributed by atoms with Crippen LogP contribution in [0.4, 0.5) is 5.82 Å². The molecule has 2 heterocycles. The first-order chi connectivity index (χ1) is 16.5. The molecule has 0 radical (unpaired) electrons. The summed E-state index contributed by atoms with van der Waals surface area (Å²) >= 11 is 2.53. The molecule has 3 aromatic rings. The number of ether oxygens (including phenoxy) is 4. The van der Waals surface area contributed by atoms with Crippen LogP contribution in [0.2, 0.25) is 0 Å². The number of ketones is 2. The molecule has 12 heteroatoms. The normalized spacial score (nSPS) is 15.3. The molecule has 0 spiro atoms. The maximum Gasteiger partial charge on any atom is 0.243 e. The molecular formula is C22H20N4O6S2. The van der Waals surface area contributed by atoms with Gasteiger partial charge in [-0.05, 0) is 6.07 Å². The van der Waals surface area contributed by atoms with E-state index in [4.69, 9.17) is 18.9 Å². The monoisotopic (exact) mass is 500 g/mol. The Hall–Kier alpha value is -3.35. The molecule has 0 bridgehead atoms. The fourth-order valence-corrected chi connectivity index (χ4v) is 4.87. The Kier molecular flexibility index (Phi) is 7.50. The number of benzene rings is 1. The second kappa shape index (κ2) is 10.7. The number of carbonyl (C=O) groups is 2. The standard InChI is InChI=1S/C22H20N4O6S2/c1-29-4-5-32-17-8-13-12(6-16(17)30-2)22(25-10-24-13)26-14-7-15(27)21(20(31-3)19(14)28)34-18-9-23-11-33-18/h6,8-11H,4-5,7H2,1-3H3. The van der Waals surface area contributed by atoms with Crippen LogP contribution in [0.5, 0.6) is 11.5 Å². The molecule has 34 heavy (non-hydrogen) atoms. The largest absolute Gasteiger partial charge is 0.493 e. The highest BCUT2D eigenvalue weighted by Crippen LogP contribution is 2.37. The Labute approximate surface area is 203 Å². The first-order valence-corrected chi connectivity index (χ1v) is 11.7. The molecule has 0 atom stereocenters. The van der Waals surface area contributed by atoms with Crippen molar-refractivity contribution in [1.82, 2.24) is 15.0 Å². The van der Waals surface area contributed by atoms with Gasteiger partial charge in [-0.2, -0.15) is 0 Å². The number of thiazole rings is 1. The van der Waals surface area contributed by atoms with E-state index in [1.807, 2.05) is 0 Å². The van der Waals surface area contributed by atoms with Gasteiger partial charge in [0.05, 0.1) is 48.7 Å². The number of Topliss-reactive ketones (excluding diaryl/α,β-unsaturated/α-hetero) is 2. The summed E-state index contributed by atoms with van der Waals surface area (Å²) < 4.78 is 22.2. The summed E-state index contributed by atoms with van der Waals surface area (Å²) in [5, 5.41) is 0.541. The van der Waals surface area contributed by atoms with E-state index in [-0.39, 0.29) is 34.4 Å². The van der Waals surface area contributed by atoms with E-state index in [1.165, 1.54) is 31.9 Å². The Morgan fingerprint density at radius 1 is 1.09 bits per heavy atom. The Morgan fingerprint density at radius 3 is 2.65 bits per heavy atom. The minimum atomic E-state index is -0.465. The highest BCUT2D eigenvalue weighted by molar-refractivity contribution is 8.05. The summed E-state index contributed by atoms with van der Waals surface area (Å²) in [4.78, 5) is 43.2. The third-order valence-electron chi connectivity index (χ3n) is 4.76. The number of aliphatic imine (C=N–C) groups is 1. The lowest BCUT2D eigenvalue weighted by Crippen LogP contribution is -2.28. The lowest BCUT2D eigenvalue weighted by atomic mass is 10.0. The van der Waals surface area contributed by atoms with E-state index in [9.17, 15) is 9.59 Å². The quantitative estimate of drug-likeness (QED) is 0.404. The SMILES string of the molecule is COCCOc1cc2ncnc(N=C3CC(=O)C(Sc4cncs4)=C(OC)C3=O)c2cc1OC. The summed E-state index contributed by atoms with van der Waals surface area (Å²) in [7, 11) is 4.45. The molecule has 0 N–H and O–H groups in total. The number of methoxy groups -OCH3 is 3. The van der Waals surface area contributed by atoms with Crippen molar-refractivity contribution in [1.29, 1.82) is 0 Å². The third kappa shape index (κ3) is 4.93. The van der Waals surface area contributed by atoms with Gasteiger partial charge in [0.2, 0.25) is 5.78 Å². The zero-order valence-corrected chi connectivity index (χ0v) is 20.2. The Morgan fingerprint density at radius 2 is 1.94 bits per heavy atom. The topological polar surface area (TPSA) is 122 Å². The highest BCUT2D eigenvalue weighted by atomic mass is 32.2. The molecule has 0 saturated heterocycles. The highest BCUT2D eigenvalue weighted by Gasteiger charge is 2.34. The number of aromatic nitrogens is 3. The summed E-state index contributed by atoms with van der Waals surface area (Å²) in [6.45, 7) is 0.752. The molecule has 2 aromatic heterocycles. The molecule has 4 rings (SSSR count). The Balaban J connectivity index is 1.71. The van der Waals surface area contributed by atoms with Crippen molar-refractivity contribution in [2.24, 2.45) is 4.99 Å². The van der Waals surface area contributed by atoms with Crippen LogP contribution in [-0.2, 0) is 19.1 Å². The molecule has 1 aromatic carbocycles. The number of thioether (sulfide) groups is 1. The number of carbonyl (C=O) groups excluding carboxylic acids is 2. The predicted octanol–water partition coefficient (Wildman–Crippen LogP) is 3.38. The van der Waals surface area contributed by atoms with Gasteiger partial charge in [-0.15, -0.1) is 11.3 Å². The van der Waals surface area contributed by atoms with Crippen LogP contribution in [-0.4, -0.2) is 66.8 Å². The third-order valence-corrected chi connectivity index (χ3v) is 6.79. The predicted molar refractivity (Wildman–Crippen MR) is 127 cm³/mol. The van der Waals surface area contributed by atoms with E-state index in [2.05, 4.69) is 19.9 Å². The molecular weight excluding hydrogens is 480 g/mol. The second-order valence-corrected chi connectivity index (χ2v) is 9.03. The van der Waals surface area contributed by atoms with Gasteiger partial charge in [0.25, 0.3) is 0 Å². The molecule has 0 amide bonds. The van der Waals surface area contributed by atoms with Crippen LogP contribution < -0.4 is 9.47 Å². The number of rotatable bonds is 9. The van der Waals surface area contributed by atoms with Crippen LogP contribution in [0.25, 0.3) is 10.9 Å². The van der Waals surface area contributed by atoms with Crippen LogP contribution in [0.3, 0.4) is 0 Å². The number of allylic oxidation sites excluding steroid dienone is 2. The molecule has 176 valence electrons. The number of nitrogens with zero attached hydrogens (tertiary/aromatic N) is 4. The molecule has 10 nitrogen and oxygen atoms in total. The Bertz CT molecular complexity index is 1290. The van der Waals surface area contributed by atoms with Gasteiger partial charge in [0.15, 0.2) is 28.9 Å². The van der Waals surface area contributed by atoms with Crippen LogP contribution in [0.1, 0.15) is 6.42 Å². The fraction of sp³-hybridized carbons (Fsp3) is 0.273. The van der Waals surface area contributed by atoms with Gasteiger partial charge in [-0.25, -0.2) is 15.0 Å². The number of hydrogen-bond donors (Lipinski definition) is 0. The lowest BCUT2D eigenvalue weighted by molar-refractivity contribution is -0.118. The maximum atomic E-state index is 13.1.